The number of rotatable bonds is 2. The van der Waals surface area contributed by atoms with Crippen LogP contribution in [0.1, 0.15) is 17.5 Å². The van der Waals surface area contributed by atoms with Gasteiger partial charge in [0.25, 0.3) is 0 Å². The summed E-state index contributed by atoms with van der Waals surface area (Å²) in [5, 5.41) is 0. The Morgan fingerprint density at radius 2 is 1.95 bits per heavy atom. The Labute approximate surface area is 128 Å². The minimum absolute atomic E-state index is 0.175. The number of halogens is 1. The Kier molecular flexibility index (Phi) is 2.93. The van der Waals surface area contributed by atoms with Gasteiger partial charge in [-0.2, -0.15) is 0 Å². The molecule has 0 aliphatic carbocycles. The summed E-state index contributed by atoms with van der Waals surface area (Å²) in [5.74, 6) is 0.0495. The summed E-state index contributed by atoms with van der Waals surface area (Å²) in [4.78, 5) is 14.0. The maximum atomic E-state index is 13.9. The average Bonchev–Trinajstić information content (AvgIpc) is 2.85. The van der Waals surface area contributed by atoms with Crippen LogP contribution in [0, 0.1) is 5.82 Å². The number of nitrogens with zero attached hydrogens (tertiary/aromatic N) is 1. The van der Waals surface area contributed by atoms with Crippen molar-refractivity contribution in [3.05, 3.63) is 47.3 Å². The molecule has 3 nitrogen and oxygen atoms in total. The molecule has 1 amide bonds. The molecule has 0 aromatic heterocycles. The molecule has 0 saturated heterocycles. The van der Waals surface area contributed by atoms with Gasteiger partial charge in [0.15, 0.2) is 11.6 Å². The summed E-state index contributed by atoms with van der Waals surface area (Å²) in [6.45, 7) is 0.815. The normalized spacial score (nSPS) is 15.9. The number of carbonyl (C=O) groups excluding carboxylic acids is 1. The Morgan fingerprint density at radius 3 is 2.73 bits per heavy atom. The molecule has 2 aliphatic heterocycles. The van der Waals surface area contributed by atoms with Gasteiger partial charge in [0.1, 0.15) is 0 Å². The van der Waals surface area contributed by atoms with Crippen molar-refractivity contribution in [1.29, 1.82) is 0 Å². The first-order valence-electron chi connectivity index (χ1n) is 7.47. The van der Waals surface area contributed by atoms with Crippen LogP contribution in [0.3, 0.4) is 0 Å². The van der Waals surface area contributed by atoms with Crippen molar-refractivity contribution in [2.24, 2.45) is 0 Å². The summed E-state index contributed by atoms with van der Waals surface area (Å²) < 4.78 is 18.9. The van der Waals surface area contributed by atoms with E-state index in [9.17, 15) is 9.18 Å². The zero-order valence-electron chi connectivity index (χ0n) is 12.4. The van der Waals surface area contributed by atoms with E-state index in [1.165, 1.54) is 18.7 Å². The van der Waals surface area contributed by atoms with Crippen LogP contribution in [0.4, 0.5) is 10.1 Å². The predicted octanol–water partition coefficient (Wildman–Crippen LogP) is 3.34. The smallest absolute Gasteiger partial charge is 0.231 e. The van der Waals surface area contributed by atoms with E-state index in [1.807, 2.05) is 17.0 Å². The lowest BCUT2D eigenvalue weighted by atomic mass is 9.94. The Bertz CT molecular complexity index is 785. The van der Waals surface area contributed by atoms with Crippen molar-refractivity contribution in [3.8, 4) is 16.9 Å². The van der Waals surface area contributed by atoms with Gasteiger partial charge in [-0.05, 0) is 59.4 Å². The molecule has 0 atom stereocenters. The molecule has 2 aromatic carbocycles. The molecule has 0 unspecified atom stereocenters. The van der Waals surface area contributed by atoms with Crippen molar-refractivity contribution in [1.82, 2.24) is 0 Å². The summed E-state index contributed by atoms with van der Waals surface area (Å²) in [7, 11) is 1.46. The van der Waals surface area contributed by atoms with E-state index in [0.717, 1.165) is 41.8 Å². The molecule has 0 spiro atoms. The maximum Gasteiger partial charge on any atom is 0.231 e. The number of methoxy groups -OCH3 is 1. The molecule has 22 heavy (non-hydrogen) atoms. The average molecular weight is 297 g/mol. The van der Waals surface area contributed by atoms with Gasteiger partial charge < -0.3 is 9.64 Å². The van der Waals surface area contributed by atoms with Crippen LogP contribution < -0.4 is 9.64 Å². The fourth-order valence-electron chi connectivity index (χ4n) is 3.49. The largest absolute Gasteiger partial charge is 0.494 e. The third-order valence-electron chi connectivity index (χ3n) is 4.49. The molecule has 4 rings (SSSR count). The SMILES string of the molecule is COc1ccc(-c2cc3c4c(c2)CC(=O)N4CCC3)cc1F. The topological polar surface area (TPSA) is 29.5 Å². The lowest BCUT2D eigenvalue weighted by Crippen LogP contribution is -2.31. The molecule has 2 heterocycles. The number of hydrogen-bond acceptors (Lipinski definition) is 2. The number of hydrogen-bond donors (Lipinski definition) is 0. The summed E-state index contributed by atoms with van der Waals surface area (Å²) >= 11 is 0. The van der Waals surface area contributed by atoms with Crippen LogP contribution >= 0.6 is 0 Å². The van der Waals surface area contributed by atoms with Crippen LogP contribution in [0.2, 0.25) is 0 Å². The van der Waals surface area contributed by atoms with Crippen molar-refractivity contribution >= 4 is 11.6 Å². The van der Waals surface area contributed by atoms with Gasteiger partial charge in [-0.25, -0.2) is 4.39 Å². The minimum atomic E-state index is -0.369. The quantitative estimate of drug-likeness (QED) is 0.851. The van der Waals surface area contributed by atoms with Gasteiger partial charge in [0.05, 0.1) is 19.2 Å². The number of carbonyl (C=O) groups is 1. The second-order valence-electron chi connectivity index (χ2n) is 5.82. The van der Waals surface area contributed by atoms with E-state index in [-0.39, 0.29) is 17.5 Å². The first kappa shape index (κ1) is 13.3. The standard InChI is InChI=1S/C18H16FNO2/c1-22-16-5-4-11(9-15(16)19)13-7-12-3-2-6-20-17(21)10-14(8-13)18(12)20/h4-5,7-9H,2-3,6,10H2,1H3. The third kappa shape index (κ3) is 1.90. The second-order valence-corrected chi connectivity index (χ2v) is 5.82. The van der Waals surface area contributed by atoms with Crippen LogP contribution in [-0.4, -0.2) is 19.6 Å². The molecule has 0 N–H and O–H groups in total. The van der Waals surface area contributed by atoms with Crippen molar-refractivity contribution < 1.29 is 13.9 Å². The maximum absolute atomic E-state index is 13.9. The van der Waals surface area contributed by atoms with Crippen molar-refractivity contribution in [2.45, 2.75) is 19.3 Å². The highest BCUT2D eigenvalue weighted by Crippen LogP contribution is 2.40. The number of amides is 1. The zero-order valence-corrected chi connectivity index (χ0v) is 12.4. The lowest BCUT2D eigenvalue weighted by molar-refractivity contribution is -0.117. The molecular weight excluding hydrogens is 281 g/mol. The highest BCUT2D eigenvalue weighted by atomic mass is 19.1. The molecule has 112 valence electrons. The summed E-state index contributed by atoms with van der Waals surface area (Å²) in [6, 6.07) is 9.09. The number of anilines is 1. The van der Waals surface area contributed by atoms with E-state index < -0.39 is 0 Å². The monoisotopic (exact) mass is 297 g/mol. The summed E-state index contributed by atoms with van der Waals surface area (Å²) in [6.07, 6.45) is 2.41. The lowest BCUT2D eigenvalue weighted by Gasteiger charge is -2.26. The molecule has 2 aromatic rings. The predicted molar refractivity (Wildman–Crippen MR) is 82.8 cm³/mol. The Hall–Kier alpha value is -2.36. The molecule has 0 bridgehead atoms. The Morgan fingerprint density at radius 1 is 1.14 bits per heavy atom. The minimum Gasteiger partial charge on any atom is -0.494 e. The fourth-order valence-corrected chi connectivity index (χ4v) is 3.49. The first-order valence-corrected chi connectivity index (χ1v) is 7.47. The van der Waals surface area contributed by atoms with Gasteiger partial charge in [0.2, 0.25) is 5.91 Å². The van der Waals surface area contributed by atoms with Gasteiger partial charge in [-0.3, -0.25) is 4.79 Å². The zero-order chi connectivity index (χ0) is 15.3. The van der Waals surface area contributed by atoms with Crippen molar-refractivity contribution in [3.63, 3.8) is 0 Å². The van der Waals surface area contributed by atoms with Crippen LogP contribution in [-0.2, 0) is 17.6 Å². The highest BCUT2D eigenvalue weighted by Gasteiger charge is 2.32. The molecular formula is C18H16FNO2. The van der Waals surface area contributed by atoms with Gasteiger partial charge >= 0.3 is 0 Å². The highest BCUT2D eigenvalue weighted by molar-refractivity contribution is 6.03. The molecule has 2 aliphatic rings. The third-order valence-corrected chi connectivity index (χ3v) is 4.49. The van der Waals surface area contributed by atoms with Crippen LogP contribution in [0.25, 0.3) is 11.1 Å². The summed E-state index contributed by atoms with van der Waals surface area (Å²) in [5.41, 5.74) is 5.13. The van der Waals surface area contributed by atoms with E-state index in [1.54, 1.807) is 6.07 Å². The van der Waals surface area contributed by atoms with Crippen LogP contribution in [0.15, 0.2) is 30.3 Å². The van der Waals surface area contributed by atoms with Gasteiger partial charge in [-0.15, -0.1) is 0 Å². The number of benzene rings is 2. The fraction of sp³-hybridized carbons (Fsp3) is 0.278. The van der Waals surface area contributed by atoms with E-state index in [4.69, 9.17) is 4.74 Å². The molecule has 0 saturated carbocycles. The first-order chi connectivity index (χ1) is 10.7. The second kappa shape index (κ2) is 4.83. The molecule has 0 fully saturated rings. The molecule has 0 radical (unpaired) electrons. The van der Waals surface area contributed by atoms with Gasteiger partial charge in [0, 0.05) is 6.54 Å². The van der Waals surface area contributed by atoms with E-state index >= 15 is 0 Å². The number of ether oxygens (including phenoxy) is 1. The van der Waals surface area contributed by atoms with Crippen molar-refractivity contribution in [2.75, 3.05) is 18.6 Å². The Balaban J connectivity index is 1.83. The number of aryl methyl sites for hydroxylation is 1. The molecule has 4 heteroatoms. The van der Waals surface area contributed by atoms with E-state index in [0.29, 0.717) is 6.42 Å². The van der Waals surface area contributed by atoms with Crippen LogP contribution in [0.5, 0.6) is 5.75 Å². The van der Waals surface area contributed by atoms with E-state index in [2.05, 4.69) is 6.07 Å². The van der Waals surface area contributed by atoms with Gasteiger partial charge in [-0.1, -0.05) is 6.07 Å².